The van der Waals surface area contributed by atoms with Gasteiger partial charge in [-0.1, -0.05) is 30.3 Å². The van der Waals surface area contributed by atoms with Crippen LogP contribution in [-0.4, -0.2) is 35.8 Å². The van der Waals surface area contributed by atoms with E-state index >= 15 is 0 Å². The molecular formula is C21H23FN2O2. The molecule has 1 heterocycles. The number of halogens is 1. The number of aryl methyl sites for hydroxylation is 1. The zero-order valence-corrected chi connectivity index (χ0v) is 14.7. The van der Waals surface area contributed by atoms with Crippen molar-refractivity contribution < 1.29 is 14.0 Å². The summed E-state index contributed by atoms with van der Waals surface area (Å²) in [5, 5.41) is 3.04. The van der Waals surface area contributed by atoms with Crippen molar-refractivity contribution in [1.82, 2.24) is 10.2 Å². The van der Waals surface area contributed by atoms with Crippen molar-refractivity contribution in [2.24, 2.45) is 0 Å². The molecule has 136 valence electrons. The molecule has 0 atom stereocenters. The highest BCUT2D eigenvalue weighted by Gasteiger charge is 2.23. The highest BCUT2D eigenvalue weighted by Crippen LogP contribution is 2.14. The van der Waals surface area contributed by atoms with Crippen LogP contribution in [0.2, 0.25) is 0 Å². The second-order valence-electron chi connectivity index (χ2n) is 6.62. The lowest BCUT2D eigenvalue weighted by molar-refractivity contribution is -0.132. The number of hydrogen-bond acceptors (Lipinski definition) is 2. The summed E-state index contributed by atoms with van der Waals surface area (Å²) in [5.41, 5.74) is 1.49. The van der Waals surface area contributed by atoms with E-state index in [-0.39, 0.29) is 23.7 Å². The molecular weight excluding hydrogens is 331 g/mol. The third-order valence-electron chi connectivity index (χ3n) is 4.74. The fourth-order valence-corrected chi connectivity index (χ4v) is 3.23. The van der Waals surface area contributed by atoms with E-state index in [4.69, 9.17) is 0 Å². The van der Waals surface area contributed by atoms with Gasteiger partial charge in [-0.15, -0.1) is 0 Å². The van der Waals surface area contributed by atoms with Gasteiger partial charge in [-0.2, -0.15) is 0 Å². The molecule has 0 aromatic heterocycles. The minimum absolute atomic E-state index is 0.0681. The fraction of sp³-hybridized carbons (Fsp3) is 0.333. The van der Waals surface area contributed by atoms with Crippen LogP contribution in [0.15, 0.2) is 54.6 Å². The van der Waals surface area contributed by atoms with E-state index in [9.17, 15) is 14.0 Å². The van der Waals surface area contributed by atoms with E-state index in [2.05, 4.69) is 5.32 Å². The molecule has 5 heteroatoms. The summed E-state index contributed by atoms with van der Waals surface area (Å²) >= 11 is 0. The quantitative estimate of drug-likeness (QED) is 0.897. The lowest BCUT2D eigenvalue weighted by atomic mass is 10.0. The van der Waals surface area contributed by atoms with Crippen LogP contribution in [-0.2, 0) is 11.2 Å². The van der Waals surface area contributed by atoms with Crippen LogP contribution in [0.5, 0.6) is 0 Å². The SMILES string of the molecule is O=C(NC1CCN(C(=O)CCc2cccc(F)c2)CC1)c1ccccc1. The van der Waals surface area contributed by atoms with E-state index < -0.39 is 0 Å². The van der Waals surface area contributed by atoms with Gasteiger partial charge in [-0.3, -0.25) is 9.59 Å². The number of benzene rings is 2. The van der Waals surface area contributed by atoms with Gasteiger partial charge in [0.15, 0.2) is 0 Å². The second-order valence-corrected chi connectivity index (χ2v) is 6.62. The maximum Gasteiger partial charge on any atom is 0.251 e. The van der Waals surface area contributed by atoms with Gasteiger partial charge in [0.2, 0.25) is 5.91 Å². The standard InChI is InChI=1S/C21H23FN2O2/c22-18-8-4-5-16(15-18)9-10-20(25)24-13-11-19(12-14-24)23-21(26)17-6-2-1-3-7-17/h1-8,15,19H,9-14H2,(H,23,26). The molecule has 2 amide bonds. The average molecular weight is 354 g/mol. The highest BCUT2D eigenvalue weighted by atomic mass is 19.1. The number of nitrogens with zero attached hydrogens (tertiary/aromatic N) is 1. The first-order valence-electron chi connectivity index (χ1n) is 9.00. The number of piperidine rings is 1. The first-order chi connectivity index (χ1) is 12.6. The summed E-state index contributed by atoms with van der Waals surface area (Å²) in [6.45, 7) is 1.28. The van der Waals surface area contributed by atoms with Gasteiger partial charge < -0.3 is 10.2 Å². The van der Waals surface area contributed by atoms with Gasteiger partial charge >= 0.3 is 0 Å². The van der Waals surface area contributed by atoms with E-state index in [1.807, 2.05) is 29.2 Å². The number of nitrogens with one attached hydrogen (secondary N) is 1. The topological polar surface area (TPSA) is 49.4 Å². The number of hydrogen-bond donors (Lipinski definition) is 1. The molecule has 0 aliphatic carbocycles. The molecule has 2 aromatic rings. The summed E-state index contributed by atoms with van der Waals surface area (Å²) in [6.07, 6.45) is 2.43. The molecule has 2 aromatic carbocycles. The van der Waals surface area contributed by atoms with Crippen molar-refractivity contribution in [1.29, 1.82) is 0 Å². The minimum atomic E-state index is -0.273. The molecule has 1 aliphatic rings. The van der Waals surface area contributed by atoms with Gasteiger partial charge in [0.1, 0.15) is 5.82 Å². The van der Waals surface area contributed by atoms with Crippen molar-refractivity contribution in [2.45, 2.75) is 31.7 Å². The van der Waals surface area contributed by atoms with Crippen LogP contribution in [0.1, 0.15) is 35.2 Å². The first kappa shape index (κ1) is 18.1. The van der Waals surface area contributed by atoms with Crippen molar-refractivity contribution in [3.63, 3.8) is 0 Å². The summed E-state index contributed by atoms with van der Waals surface area (Å²) in [6, 6.07) is 15.6. The van der Waals surface area contributed by atoms with Gasteiger partial charge in [0.25, 0.3) is 5.91 Å². The Hall–Kier alpha value is -2.69. The zero-order valence-electron chi connectivity index (χ0n) is 14.7. The van der Waals surface area contributed by atoms with Crippen LogP contribution in [0.3, 0.4) is 0 Å². The molecule has 0 saturated carbocycles. The molecule has 0 spiro atoms. The van der Waals surface area contributed by atoms with Crippen LogP contribution >= 0.6 is 0 Å². The molecule has 0 radical (unpaired) electrons. The predicted octanol–water partition coefficient (Wildman–Crippen LogP) is 3.18. The predicted molar refractivity (Wildman–Crippen MR) is 98.2 cm³/mol. The van der Waals surface area contributed by atoms with E-state index in [0.29, 0.717) is 31.5 Å². The normalized spacial score (nSPS) is 14.9. The summed E-state index contributed by atoms with van der Waals surface area (Å²) < 4.78 is 13.2. The Morgan fingerprint density at radius 1 is 1.04 bits per heavy atom. The van der Waals surface area contributed by atoms with Crippen molar-refractivity contribution in [2.75, 3.05) is 13.1 Å². The van der Waals surface area contributed by atoms with Crippen LogP contribution < -0.4 is 5.32 Å². The lowest BCUT2D eigenvalue weighted by Gasteiger charge is -2.32. The van der Waals surface area contributed by atoms with Crippen molar-refractivity contribution in [3.05, 3.63) is 71.5 Å². The number of amides is 2. The summed E-state index contributed by atoms with van der Waals surface area (Å²) in [4.78, 5) is 26.4. The Kier molecular flexibility index (Phi) is 6.00. The maximum absolute atomic E-state index is 13.2. The Morgan fingerprint density at radius 2 is 1.77 bits per heavy atom. The molecule has 1 aliphatic heterocycles. The molecule has 1 N–H and O–H groups in total. The minimum Gasteiger partial charge on any atom is -0.349 e. The Morgan fingerprint density at radius 3 is 2.46 bits per heavy atom. The van der Waals surface area contributed by atoms with Gasteiger partial charge in [0, 0.05) is 31.1 Å². The van der Waals surface area contributed by atoms with Crippen LogP contribution in [0, 0.1) is 5.82 Å². The van der Waals surface area contributed by atoms with E-state index in [1.165, 1.54) is 12.1 Å². The summed E-state index contributed by atoms with van der Waals surface area (Å²) in [5.74, 6) is -0.256. The molecule has 26 heavy (non-hydrogen) atoms. The largest absolute Gasteiger partial charge is 0.349 e. The zero-order chi connectivity index (χ0) is 18.4. The van der Waals surface area contributed by atoms with E-state index in [0.717, 1.165) is 18.4 Å². The van der Waals surface area contributed by atoms with Crippen LogP contribution in [0.4, 0.5) is 4.39 Å². The maximum atomic E-state index is 13.2. The summed E-state index contributed by atoms with van der Waals surface area (Å²) in [7, 11) is 0. The smallest absolute Gasteiger partial charge is 0.251 e. The second kappa shape index (κ2) is 8.61. The fourth-order valence-electron chi connectivity index (χ4n) is 3.23. The Bertz CT molecular complexity index is 756. The number of carbonyl (C=O) groups excluding carboxylic acids is 2. The van der Waals surface area contributed by atoms with Gasteiger partial charge in [-0.05, 0) is 49.1 Å². The average Bonchev–Trinajstić information content (AvgIpc) is 2.67. The third-order valence-corrected chi connectivity index (χ3v) is 4.74. The Labute approximate surface area is 153 Å². The monoisotopic (exact) mass is 354 g/mol. The van der Waals surface area contributed by atoms with Gasteiger partial charge in [-0.25, -0.2) is 4.39 Å². The number of likely N-dealkylation sites (tertiary alicyclic amines) is 1. The third kappa shape index (κ3) is 4.91. The molecule has 4 nitrogen and oxygen atoms in total. The molecule has 3 rings (SSSR count). The number of rotatable bonds is 5. The lowest BCUT2D eigenvalue weighted by Crippen LogP contribution is -2.46. The molecule has 1 saturated heterocycles. The molecule has 0 bridgehead atoms. The molecule has 1 fully saturated rings. The molecule has 0 unspecified atom stereocenters. The first-order valence-corrected chi connectivity index (χ1v) is 9.00. The van der Waals surface area contributed by atoms with Crippen LogP contribution in [0.25, 0.3) is 0 Å². The van der Waals surface area contributed by atoms with E-state index in [1.54, 1.807) is 18.2 Å². The number of carbonyl (C=O) groups is 2. The highest BCUT2D eigenvalue weighted by molar-refractivity contribution is 5.94. The Balaban J connectivity index is 1.43. The van der Waals surface area contributed by atoms with Crippen molar-refractivity contribution >= 4 is 11.8 Å². The van der Waals surface area contributed by atoms with Gasteiger partial charge in [0.05, 0.1) is 0 Å². The van der Waals surface area contributed by atoms with Crippen molar-refractivity contribution in [3.8, 4) is 0 Å².